The topological polar surface area (TPSA) is 54.6 Å². The number of para-hydroxylation sites is 2. The molecule has 38 heavy (non-hydrogen) atoms. The second-order valence-electron chi connectivity index (χ2n) is 10.1. The van der Waals surface area contributed by atoms with Crippen molar-refractivity contribution in [3.05, 3.63) is 145 Å². The van der Waals surface area contributed by atoms with Gasteiger partial charge in [0.25, 0.3) is 0 Å². The minimum Gasteiger partial charge on any atom is -0.317 e. The molecule has 0 radical (unpaired) electrons. The molecule has 6 atom stereocenters. The van der Waals surface area contributed by atoms with E-state index >= 15 is 0 Å². The molecule has 7 rings (SSSR count). The smallest absolute Gasteiger partial charge is 0.173 e. The molecule has 1 aliphatic carbocycles. The molecule has 2 saturated heterocycles. The minimum absolute atomic E-state index is 0.00213. The first-order valence-corrected chi connectivity index (χ1v) is 13.4. The van der Waals surface area contributed by atoms with Gasteiger partial charge in [-0.05, 0) is 47.5 Å². The summed E-state index contributed by atoms with van der Waals surface area (Å²) in [6.07, 6.45) is 4.88. The Labute approximate surface area is 224 Å². The molecule has 1 saturated carbocycles. The van der Waals surface area contributed by atoms with Crippen molar-refractivity contribution in [3.63, 3.8) is 0 Å². The van der Waals surface area contributed by atoms with Crippen LogP contribution in [-0.4, -0.2) is 24.2 Å². The predicted octanol–water partition coefficient (Wildman–Crippen LogP) is 4.51. The zero-order valence-electron chi connectivity index (χ0n) is 21.1. The molecule has 4 aromatic rings. The summed E-state index contributed by atoms with van der Waals surface area (Å²) in [5.74, 6) is 0. The van der Waals surface area contributed by atoms with Crippen LogP contribution < -0.4 is 31.5 Å². The number of hydrazine groups is 2. The van der Waals surface area contributed by atoms with Crippen LogP contribution in [0.25, 0.3) is 0 Å². The van der Waals surface area contributed by atoms with Gasteiger partial charge in [0.1, 0.15) is 18.6 Å². The van der Waals surface area contributed by atoms with Gasteiger partial charge in [0.15, 0.2) is 6.04 Å². The Morgan fingerprint density at radius 2 is 1.11 bits per heavy atom. The van der Waals surface area contributed by atoms with Gasteiger partial charge in [-0.25, -0.2) is 5.43 Å². The van der Waals surface area contributed by atoms with Crippen LogP contribution in [0.1, 0.15) is 23.5 Å². The molecule has 3 fully saturated rings. The highest BCUT2D eigenvalue weighted by molar-refractivity contribution is 5.52. The average Bonchev–Trinajstić information content (AvgIpc) is 3.00. The number of nitrogens with one attached hydrogen (secondary N) is 4. The minimum atomic E-state index is -0.00667. The van der Waals surface area contributed by atoms with E-state index in [9.17, 15) is 0 Å². The number of nitrogens with zero attached hydrogens (tertiary/aromatic N) is 2. The molecule has 0 bridgehead atoms. The van der Waals surface area contributed by atoms with Crippen LogP contribution in [0.5, 0.6) is 0 Å². The lowest BCUT2D eigenvalue weighted by Gasteiger charge is -2.57. The molecule has 2 heterocycles. The molecule has 0 aromatic heterocycles. The summed E-state index contributed by atoms with van der Waals surface area (Å²) >= 11 is 0. The normalized spacial score (nSPS) is 28.6. The molecule has 6 unspecified atom stereocenters. The van der Waals surface area contributed by atoms with Crippen molar-refractivity contribution >= 4 is 11.4 Å². The Kier molecular flexibility index (Phi) is 6.23. The van der Waals surface area contributed by atoms with E-state index in [2.05, 4.69) is 166 Å². The summed E-state index contributed by atoms with van der Waals surface area (Å²) in [5, 5.41) is 12.4. The highest BCUT2D eigenvalue weighted by atomic mass is 15.6. The summed E-state index contributed by atoms with van der Waals surface area (Å²) in [6, 6.07) is 43.0. The van der Waals surface area contributed by atoms with E-state index in [1.807, 2.05) is 0 Å². The van der Waals surface area contributed by atoms with Crippen LogP contribution in [0, 0.1) is 12.8 Å². The van der Waals surface area contributed by atoms with Crippen molar-refractivity contribution in [1.82, 2.24) is 21.5 Å². The van der Waals surface area contributed by atoms with E-state index in [-0.39, 0.29) is 36.5 Å². The molecule has 4 aromatic carbocycles. The number of hydrogen-bond donors (Lipinski definition) is 4. The standard InChI is InChI=1S/C32H32N6/c1-5-13-23(14-6-1)31-33-29-21-28-27(22-30(29)37(36-31)25-17-9-3-10-18-25)34-32(24-15-7-2-8-16-24)38(35-28)26-19-11-4-12-20-26/h1-22,27-36H. The molecule has 0 amide bonds. The molecule has 190 valence electrons. The van der Waals surface area contributed by atoms with E-state index in [0.29, 0.717) is 0 Å². The maximum atomic E-state index is 3.96. The predicted molar refractivity (Wildman–Crippen MR) is 153 cm³/mol. The molecular formula is C32H32N6. The van der Waals surface area contributed by atoms with E-state index in [1.54, 1.807) is 0 Å². The van der Waals surface area contributed by atoms with Crippen LogP contribution in [0.2, 0.25) is 0 Å². The van der Waals surface area contributed by atoms with Crippen LogP contribution >= 0.6 is 0 Å². The lowest BCUT2D eigenvalue weighted by atomic mass is 9.80. The maximum absolute atomic E-state index is 3.96. The highest BCUT2D eigenvalue weighted by Gasteiger charge is 2.48. The van der Waals surface area contributed by atoms with Gasteiger partial charge in [-0.15, -0.1) is 0 Å². The van der Waals surface area contributed by atoms with Crippen molar-refractivity contribution < 1.29 is 0 Å². The van der Waals surface area contributed by atoms with Gasteiger partial charge in [-0.3, -0.25) is 27.2 Å². The summed E-state index contributed by atoms with van der Waals surface area (Å²) in [4.78, 5) is 0. The summed E-state index contributed by atoms with van der Waals surface area (Å²) in [6.45, 7) is 0. The number of anilines is 2. The zero-order chi connectivity index (χ0) is 25.3. The molecule has 6 heteroatoms. The third-order valence-electron chi connectivity index (χ3n) is 7.71. The first-order chi connectivity index (χ1) is 18.8. The quantitative estimate of drug-likeness (QED) is 0.310. The second-order valence-corrected chi connectivity index (χ2v) is 10.1. The van der Waals surface area contributed by atoms with Crippen LogP contribution in [0.4, 0.5) is 11.4 Å². The van der Waals surface area contributed by atoms with Crippen molar-refractivity contribution in [2.24, 2.45) is 0 Å². The lowest BCUT2D eigenvalue weighted by Crippen LogP contribution is -2.75. The first-order valence-electron chi connectivity index (χ1n) is 13.4. The second kappa shape index (κ2) is 10.2. The Morgan fingerprint density at radius 1 is 0.553 bits per heavy atom. The highest BCUT2D eigenvalue weighted by Crippen LogP contribution is 2.36. The fourth-order valence-corrected chi connectivity index (χ4v) is 5.88. The van der Waals surface area contributed by atoms with Gasteiger partial charge in [-0.2, -0.15) is 0 Å². The van der Waals surface area contributed by atoms with Crippen molar-refractivity contribution in [1.29, 1.82) is 0 Å². The molecule has 0 spiro atoms. The first kappa shape index (κ1) is 23.3. The third-order valence-corrected chi connectivity index (χ3v) is 7.71. The van der Waals surface area contributed by atoms with Crippen molar-refractivity contribution in [2.45, 2.75) is 36.5 Å². The Morgan fingerprint density at radius 3 is 1.74 bits per heavy atom. The van der Waals surface area contributed by atoms with Crippen molar-refractivity contribution in [2.75, 3.05) is 10.0 Å². The Balaban J connectivity index is 1.21. The average molecular weight is 501 g/mol. The number of hydrogen-bond acceptors (Lipinski definition) is 6. The molecule has 6 nitrogen and oxygen atoms in total. The summed E-state index contributed by atoms with van der Waals surface area (Å²) in [5.41, 5.74) is 12.4. The van der Waals surface area contributed by atoms with Crippen LogP contribution in [-0.2, 0) is 0 Å². The molecule has 2 aliphatic heterocycles. The van der Waals surface area contributed by atoms with E-state index in [1.165, 1.54) is 11.1 Å². The monoisotopic (exact) mass is 500 g/mol. The van der Waals surface area contributed by atoms with Crippen LogP contribution in [0.3, 0.4) is 0 Å². The zero-order valence-corrected chi connectivity index (χ0v) is 21.1. The molecule has 3 aliphatic rings. The Hall–Kier alpha value is -3.81. The fraction of sp³-hybridized carbons (Fsp3) is 0.188. The number of fused-ring (bicyclic) bond motifs is 2. The SMILES string of the molecule is c1ccc(C2NC3[CH-]C4NN(c5ccccc5)C(c5ccccc5)NC4[CH+]C3N(c3ccccc3)N2)cc1. The molecule has 4 N–H and O–H groups in total. The fourth-order valence-electron chi connectivity index (χ4n) is 5.88. The lowest BCUT2D eigenvalue weighted by molar-refractivity contribution is 0.196. The largest absolute Gasteiger partial charge is 0.317 e. The van der Waals surface area contributed by atoms with Gasteiger partial charge in [0, 0.05) is 0 Å². The van der Waals surface area contributed by atoms with E-state index in [0.717, 1.165) is 11.4 Å². The summed E-state index contributed by atoms with van der Waals surface area (Å²) < 4.78 is 0. The Bertz CT molecular complexity index is 1320. The summed E-state index contributed by atoms with van der Waals surface area (Å²) in [7, 11) is 0. The molecular weight excluding hydrogens is 468 g/mol. The van der Waals surface area contributed by atoms with Gasteiger partial charge < -0.3 is 5.32 Å². The van der Waals surface area contributed by atoms with Gasteiger partial charge in [0.05, 0.1) is 17.5 Å². The van der Waals surface area contributed by atoms with Gasteiger partial charge in [0.2, 0.25) is 0 Å². The van der Waals surface area contributed by atoms with Gasteiger partial charge in [-0.1, -0.05) is 97.1 Å². The van der Waals surface area contributed by atoms with Gasteiger partial charge >= 0.3 is 0 Å². The number of rotatable bonds is 4. The van der Waals surface area contributed by atoms with E-state index < -0.39 is 0 Å². The van der Waals surface area contributed by atoms with Crippen LogP contribution in [0.15, 0.2) is 121 Å². The van der Waals surface area contributed by atoms with Crippen molar-refractivity contribution in [3.8, 4) is 0 Å². The number of benzene rings is 4. The van der Waals surface area contributed by atoms with E-state index in [4.69, 9.17) is 0 Å². The third kappa shape index (κ3) is 4.42. The maximum Gasteiger partial charge on any atom is 0.173 e.